The Balaban J connectivity index is 0.00000124. The van der Waals surface area contributed by atoms with E-state index in [-0.39, 0.29) is 156 Å². The standard InChI is InChI=1S/2C49H83N5O10.C11H18N4O2/c1-37(55)42(50-2)23-17-19-34-52-47(59)44(54(5)6)25-15-13-16-26-45(57)43(53(3)4)24-18-20-33-51-46(58)32-29-39(49(62)63)36-40(56)22-14-11-9-7-8-10-12-21-35-64-41-30-27-38(28-31-41)48(60)61;1-7-38(37(2)55)23-18-20-34-50-47(59)44(54(5)6)26-19-21-35-51-46(58)43(53(3)4)25-16-14-15-24-40(56)30-33-42(49(62)63)52-45(57)27-17-12-10-8-9-11-13-22-36-64-41-31-28-39(29-32-41)48(60)61;1-7(16)11(2,3)15-10(17)9(12)4-8-5-13-6-14-8/h27-28,30-31,39,42-44,50H,7-26,29,32-36H2,1-6H3,(H,51,58)(H,52,59)(H,60,61)(H,62,63);28-29,31-32,38,42-44H,7-27,30,33-36H2,1-6H3,(H,50,59)(H,51,58)(H,52,57)(H,60,61)(H,62,63);5-6,9H,4,12H2,1-3H3,(H,13,14)(H,15,17)/t39-,42+,43+,44+;38-,42-,43-,44-;9-/m100/s1. The highest BCUT2D eigenvalue weighted by atomic mass is 16.5. The number of ketones is 6. The number of nitrogens with zero attached hydrogens (tertiary/aromatic N) is 5. The lowest BCUT2D eigenvalue weighted by Crippen LogP contribution is -2.54. The number of amides is 6. The van der Waals surface area contributed by atoms with Crippen LogP contribution in [0, 0.1) is 11.8 Å². The third kappa shape index (κ3) is 64.5. The van der Waals surface area contributed by atoms with E-state index in [4.69, 9.17) is 25.4 Å². The molecule has 14 N–H and O–H groups in total. The summed E-state index contributed by atoms with van der Waals surface area (Å²) in [5.74, 6) is -4.23. The van der Waals surface area contributed by atoms with Crippen LogP contribution < -0.4 is 52.4 Å². The third-order valence-electron chi connectivity index (χ3n) is 26.4. The molecule has 0 aliphatic rings. The van der Waals surface area contributed by atoms with Gasteiger partial charge in [0.15, 0.2) is 5.78 Å². The van der Waals surface area contributed by atoms with Gasteiger partial charge < -0.3 is 77.8 Å². The molecule has 3 rings (SSSR count). The molecule has 145 heavy (non-hydrogen) atoms. The number of carbonyl (C=O) groups excluding carboxylic acids is 12. The minimum Gasteiger partial charge on any atom is -0.494 e. The monoisotopic (exact) mass is 2040 g/mol. The van der Waals surface area contributed by atoms with E-state index in [1.54, 1.807) is 65.2 Å². The zero-order valence-corrected chi connectivity index (χ0v) is 90.4. The van der Waals surface area contributed by atoms with Gasteiger partial charge in [0.2, 0.25) is 35.4 Å². The Morgan fingerprint density at radius 1 is 0.400 bits per heavy atom. The number of carboxylic acids is 4. The van der Waals surface area contributed by atoms with Crippen LogP contribution in [0.1, 0.15) is 363 Å². The minimum absolute atomic E-state index is 0.000754. The number of aromatic carboxylic acids is 2. The van der Waals surface area contributed by atoms with Gasteiger partial charge in [-0.3, -0.25) is 81.9 Å². The van der Waals surface area contributed by atoms with Gasteiger partial charge in [0, 0.05) is 95.4 Å². The first-order valence-electron chi connectivity index (χ1n) is 53.2. The summed E-state index contributed by atoms with van der Waals surface area (Å²) in [4.78, 5) is 208. The second-order valence-corrected chi connectivity index (χ2v) is 39.9. The van der Waals surface area contributed by atoms with E-state index >= 15 is 0 Å². The molecule has 0 aliphatic carbocycles. The molecule has 0 aliphatic heterocycles. The van der Waals surface area contributed by atoms with Crippen molar-refractivity contribution in [3.05, 3.63) is 77.9 Å². The van der Waals surface area contributed by atoms with Gasteiger partial charge in [-0.05, 0) is 288 Å². The Labute approximate surface area is 864 Å². The molecule has 1 heterocycles. The number of aromatic amines is 1. The number of unbranched alkanes of at least 4 members (excludes halogenated alkanes) is 22. The maximum absolute atomic E-state index is 13.1. The minimum atomic E-state index is -1.15. The number of carboxylic acid groups (broad SMARTS) is 4. The lowest BCUT2D eigenvalue weighted by atomic mass is 9.94. The first kappa shape index (κ1) is 133. The molecular weight excluding hydrogens is 1860 g/mol. The number of likely N-dealkylation sites (N-methyl/N-ethyl adjacent to an activating group) is 5. The Morgan fingerprint density at radius 2 is 0.793 bits per heavy atom. The first-order chi connectivity index (χ1) is 69.0. The molecule has 0 spiro atoms. The Bertz CT molecular complexity index is 3980. The van der Waals surface area contributed by atoms with Gasteiger partial charge in [0.1, 0.15) is 46.5 Å². The summed E-state index contributed by atoms with van der Waals surface area (Å²) in [6.07, 6.45) is 36.8. The predicted molar refractivity (Wildman–Crippen MR) is 564 cm³/mol. The molecule has 0 saturated carbocycles. The van der Waals surface area contributed by atoms with Crippen molar-refractivity contribution in [2.45, 2.75) is 391 Å². The summed E-state index contributed by atoms with van der Waals surface area (Å²) < 4.78 is 11.3. The molecule has 822 valence electrons. The van der Waals surface area contributed by atoms with E-state index in [1.807, 2.05) is 82.9 Å². The average molecular weight is 2040 g/mol. The van der Waals surface area contributed by atoms with Crippen molar-refractivity contribution in [1.29, 1.82) is 0 Å². The van der Waals surface area contributed by atoms with Crippen LogP contribution in [0.15, 0.2) is 61.1 Å². The highest BCUT2D eigenvalue weighted by Gasteiger charge is 2.31. The summed E-state index contributed by atoms with van der Waals surface area (Å²) >= 11 is 0. The summed E-state index contributed by atoms with van der Waals surface area (Å²) in [5, 5.41) is 57.5. The smallest absolute Gasteiger partial charge is 0.335 e. The van der Waals surface area contributed by atoms with Gasteiger partial charge in [-0.2, -0.15) is 0 Å². The zero-order valence-electron chi connectivity index (χ0n) is 90.4. The molecule has 0 unspecified atom stereocenters. The molecular formula is C109H184N14O22. The van der Waals surface area contributed by atoms with Crippen molar-refractivity contribution in [2.24, 2.45) is 17.6 Å². The second kappa shape index (κ2) is 79.9. The van der Waals surface area contributed by atoms with Crippen molar-refractivity contribution >= 4 is 94.0 Å². The number of nitrogens with one attached hydrogen (secondary N) is 8. The number of hydrogen-bond acceptors (Lipinski definition) is 25. The number of nitrogens with two attached hydrogens (primary N) is 1. The quantitative estimate of drug-likeness (QED) is 0.0233. The van der Waals surface area contributed by atoms with Crippen molar-refractivity contribution in [3.63, 3.8) is 0 Å². The summed E-state index contributed by atoms with van der Waals surface area (Å²) in [6, 6.07) is 9.81. The number of Topliss-reactive ketones (excluding diaryl/α,β-unsaturated/α-hetero) is 6. The number of H-pyrrole nitrogens is 1. The van der Waals surface area contributed by atoms with Gasteiger partial charge in [0.05, 0.1) is 78.4 Å². The predicted octanol–water partition coefficient (Wildman–Crippen LogP) is 13.8. The van der Waals surface area contributed by atoms with Crippen LogP contribution in [0.4, 0.5) is 0 Å². The SMILES string of the molecule is CC(=O)C(C)(C)NC(=O)[C@@H](N)Cc1cnc[nH]1.CC[C@@H](CCCCNC(=O)[C@H](CCCCNC(=O)[C@H](CCCCCC(=O)CC[C@H](NC(=O)CCCCCCCCCCOc1ccc(C(=O)O)cc1)C(=O)O)N(C)C)N(C)C)C(C)=O.CN[C@@H](CCCCNC(=O)[C@H](CCCCCC(=O)[C@H](CCCCNC(=O)CC[C@H](CC(=O)CCCCCCCCCCOc1ccc(C(=O)O)cc1)C(=O)O)N(C)C)N(C)C)C(C)=O. The van der Waals surface area contributed by atoms with E-state index in [2.05, 4.69) is 47.2 Å². The maximum atomic E-state index is 13.1. The lowest BCUT2D eigenvalue weighted by Gasteiger charge is -2.24. The molecule has 0 fully saturated rings. The van der Waals surface area contributed by atoms with Crippen molar-refractivity contribution in [3.8, 4) is 11.5 Å². The molecule has 36 heteroatoms. The summed E-state index contributed by atoms with van der Waals surface area (Å²) in [6.45, 7) is 13.3. The van der Waals surface area contributed by atoms with Crippen LogP contribution >= 0.6 is 0 Å². The molecule has 0 bridgehead atoms. The fourth-order valence-electron chi connectivity index (χ4n) is 16.7. The summed E-state index contributed by atoms with van der Waals surface area (Å²) in [5.41, 5.74) is 6.11. The Kier molecular flexibility index (Phi) is 73.1. The maximum Gasteiger partial charge on any atom is 0.335 e. The normalized spacial score (nSPS) is 13.2. The fourth-order valence-corrected chi connectivity index (χ4v) is 16.7. The van der Waals surface area contributed by atoms with E-state index < -0.39 is 47.4 Å². The molecule has 1 aromatic heterocycles. The number of hydrogen-bond donors (Lipinski definition) is 13. The van der Waals surface area contributed by atoms with Gasteiger partial charge in [-0.15, -0.1) is 0 Å². The number of aromatic nitrogens is 2. The molecule has 36 nitrogen and oxygen atoms in total. The van der Waals surface area contributed by atoms with Crippen LogP contribution in [0.2, 0.25) is 0 Å². The van der Waals surface area contributed by atoms with Crippen LogP contribution in [-0.2, 0) is 73.5 Å². The number of ether oxygens (including phenoxy) is 2. The van der Waals surface area contributed by atoms with Crippen molar-refractivity contribution < 1.29 is 107 Å². The first-order valence-corrected chi connectivity index (χ1v) is 53.2. The molecule has 9 atom stereocenters. The van der Waals surface area contributed by atoms with E-state index in [9.17, 15) is 86.9 Å². The zero-order chi connectivity index (χ0) is 108. The van der Waals surface area contributed by atoms with Gasteiger partial charge in [-0.25, -0.2) is 19.4 Å². The number of benzene rings is 2. The molecule has 6 amide bonds. The van der Waals surface area contributed by atoms with Crippen LogP contribution in [0.25, 0.3) is 0 Å². The molecule has 0 radical (unpaired) electrons. The van der Waals surface area contributed by atoms with E-state index in [0.717, 1.165) is 198 Å². The van der Waals surface area contributed by atoms with Crippen molar-refractivity contribution in [1.82, 2.24) is 66.8 Å². The molecule has 2 aromatic carbocycles. The van der Waals surface area contributed by atoms with Gasteiger partial charge in [-0.1, -0.05) is 116 Å². The highest BCUT2D eigenvalue weighted by Crippen LogP contribution is 2.23. The Morgan fingerprint density at radius 3 is 1.19 bits per heavy atom. The number of carbonyl (C=O) groups is 16. The third-order valence-corrected chi connectivity index (χ3v) is 26.4. The number of aliphatic carboxylic acids is 2. The largest absolute Gasteiger partial charge is 0.494 e. The molecule has 3 aromatic rings. The van der Waals surface area contributed by atoms with Crippen LogP contribution in [0.3, 0.4) is 0 Å². The van der Waals surface area contributed by atoms with Crippen LogP contribution in [0.5, 0.6) is 11.5 Å². The Hall–Kier alpha value is -10.3. The number of rotatable bonds is 86. The fraction of sp³-hybridized carbons (Fsp3) is 0.716. The topological polar surface area (TPSA) is 524 Å². The van der Waals surface area contributed by atoms with E-state index in [0.29, 0.717) is 122 Å². The second-order valence-electron chi connectivity index (χ2n) is 39.9. The van der Waals surface area contributed by atoms with E-state index in [1.165, 1.54) is 37.5 Å². The average Bonchev–Trinajstić information content (AvgIpc) is 1.86. The summed E-state index contributed by atoms with van der Waals surface area (Å²) in [7, 11) is 16.9. The molecule has 0 saturated heterocycles. The van der Waals surface area contributed by atoms with Gasteiger partial charge >= 0.3 is 23.9 Å². The van der Waals surface area contributed by atoms with Gasteiger partial charge in [0.25, 0.3) is 0 Å². The van der Waals surface area contributed by atoms with Crippen molar-refractivity contribution in [2.75, 3.05) is 103 Å². The highest BCUT2D eigenvalue weighted by molar-refractivity contribution is 5.93. The lowest BCUT2D eigenvalue weighted by molar-refractivity contribution is -0.144. The van der Waals surface area contributed by atoms with Crippen LogP contribution in [-0.4, -0.2) is 295 Å². The number of imidazole rings is 1.